The Kier molecular flexibility index (Phi) is 5.18. The number of para-hydroxylation sites is 2. The number of benzene rings is 3. The van der Waals surface area contributed by atoms with Crippen LogP contribution < -0.4 is 10.2 Å². The molecule has 5 nitrogen and oxygen atoms in total. The van der Waals surface area contributed by atoms with Gasteiger partial charge in [0.25, 0.3) is 0 Å². The van der Waals surface area contributed by atoms with Gasteiger partial charge in [0.05, 0.1) is 22.6 Å². The minimum atomic E-state index is -0.229. The molecule has 39 heavy (non-hydrogen) atoms. The van der Waals surface area contributed by atoms with Crippen molar-refractivity contribution < 1.29 is 4.79 Å². The highest BCUT2D eigenvalue weighted by molar-refractivity contribution is 6.01. The van der Waals surface area contributed by atoms with Crippen molar-refractivity contribution in [2.24, 2.45) is 0 Å². The van der Waals surface area contributed by atoms with Crippen LogP contribution in [0.3, 0.4) is 0 Å². The Hall–Kier alpha value is -4.12. The first-order valence-corrected chi connectivity index (χ1v) is 13.9. The van der Waals surface area contributed by atoms with E-state index in [-0.39, 0.29) is 23.3 Å². The molecule has 3 aromatic carbocycles. The summed E-state index contributed by atoms with van der Waals surface area (Å²) in [5, 5.41) is 3.62. The van der Waals surface area contributed by atoms with Gasteiger partial charge in [-0.05, 0) is 86.6 Å². The normalized spacial score (nSPS) is 21.7. The highest BCUT2D eigenvalue weighted by Gasteiger charge is 2.40. The van der Waals surface area contributed by atoms with Crippen molar-refractivity contribution in [3.8, 4) is 0 Å². The van der Waals surface area contributed by atoms with Crippen LogP contribution in [0.15, 0.2) is 84.1 Å². The summed E-state index contributed by atoms with van der Waals surface area (Å²) < 4.78 is 2.23. The molecule has 0 unspecified atom stereocenters. The van der Waals surface area contributed by atoms with E-state index in [2.05, 4.69) is 104 Å². The van der Waals surface area contributed by atoms with E-state index in [0.29, 0.717) is 6.42 Å². The van der Waals surface area contributed by atoms with Gasteiger partial charge < -0.3 is 10.2 Å². The van der Waals surface area contributed by atoms with Gasteiger partial charge in [-0.15, -0.1) is 0 Å². The van der Waals surface area contributed by atoms with Crippen molar-refractivity contribution in [2.45, 2.75) is 58.0 Å². The van der Waals surface area contributed by atoms with Gasteiger partial charge in [0, 0.05) is 36.0 Å². The maximum atomic E-state index is 14.1. The maximum absolute atomic E-state index is 14.1. The number of rotatable bonds is 2. The zero-order valence-corrected chi connectivity index (χ0v) is 23.2. The summed E-state index contributed by atoms with van der Waals surface area (Å²) in [7, 11) is 2.16. The lowest BCUT2D eigenvalue weighted by atomic mass is 9.76. The smallest absolute Gasteiger partial charge is 0.209 e. The van der Waals surface area contributed by atoms with Crippen LogP contribution in [-0.2, 0) is 4.79 Å². The Morgan fingerprint density at radius 3 is 2.56 bits per heavy atom. The van der Waals surface area contributed by atoms with E-state index in [1.54, 1.807) is 0 Å². The van der Waals surface area contributed by atoms with Gasteiger partial charge in [-0.3, -0.25) is 9.36 Å². The molecule has 196 valence electrons. The second-order valence-electron chi connectivity index (χ2n) is 11.9. The molecule has 1 N–H and O–H groups in total. The van der Waals surface area contributed by atoms with E-state index in [1.165, 1.54) is 28.0 Å². The molecular formula is C34H34N4O. The van der Waals surface area contributed by atoms with Gasteiger partial charge in [0.2, 0.25) is 5.95 Å². The van der Waals surface area contributed by atoms with Crippen molar-refractivity contribution >= 4 is 34.0 Å². The zero-order valence-electron chi connectivity index (χ0n) is 23.2. The van der Waals surface area contributed by atoms with Gasteiger partial charge in [-0.2, -0.15) is 0 Å². The number of hydrogen-bond donors (Lipinski definition) is 1. The van der Waals surface area contributed by atoms with Gasteiger partial charge in [0.1, 0.15) is 0 Å². The second kappa shape index (κ2) is 8.44. The number of aromatic nitrogens is 2. The first-order chi connectivity index (χ1) is 18.7. The van der Waals surface area contributed by atoms with E-state index in [0.717, 1.165) is 40.2 Å². The number of ketones is 1. The predicted molar refractivity (Wildman–Crippen MR) is 159 cm³/mol. The largest absolute Gasteiger partial charge is 0.366 e. The first kappa shape index (κ1) is 24.0. The molecule has 0 saturated carbocycles. The third-order valence-electron chi connectivity index (χ3n) is 9.08. The number of hydrogen-bond acceptors (Lipinski definition) is 4. The predicted octanol–water partition coefficient (Wildman–Crippen LogP) is 7.39. The number of aryl methyl sites for hydroxylation is 1. The Bertz CT molecular complexity index is 1740. The van der Waals surface area contributed by atoms with Crippen LogP contribution in [0.1, 0.15) is 67.8 Å². The van der Waals surface area contributed by atoms with Crippen molar-refractivity contribution in [1.29, 1.82) is 0 Å². The van der Waals surface area contributed by atoms with E-state index in [1.807, 2.05) is 18.2 Å². The number of carbonyl (C=O) groups is 1. The number of nitrogens with zero attached hydrogens (tertiary/aromatic N) is 3. The molecule has 1 aliphatic carbocycles. The van der Waals surface area contributed by atoms with Gasteiger partial charge in [-0.25, -0.2) is 4.98 Å². The summed E-state index contributed by atoms with van der Waals surface area (Å²) in [4.78, 5) is 21.4. The average molecular weight is 515 g/mol. The molecule has 0 saturated heterocycles. The lowest BCUT2D eigenvalue weighted by Gasteiger charge is -2.41. The van der Waals surface area contributed by atoms with Crippen LogP contribution in [0.5, 0.6) is 0 Å². The van der Waals surface area contributed by atoms with Gasteiger partial charge >= 0.3 is 0 Å². The summed E-state index contributed by atoms with van der Waals surface area (Å²) in [6.07, 6.45) is 3.65. The molecule has 0 fully saturated rings. The number of fused-ring (bicyclic) bond motifs is 4. The number of anilines is 2. The fourth-order valence-electron chi connectivity index (χ4n) is 6.95. The molecule has 2 aliphatic heterocycles. The molecule has 3 aliphatic rings. The average Bonchev–Trinajstić information content (AvgIpc) is 3.28. The van der Waals surface area contributed by atoms with Crippen molar-refractivity contribution in [2.75, 3.05) is 17.3 Å². The van der Waals surface area contributed by atoms with E-state index < -0.39 is 0 Å². The standard InChI is InChI=1S/C34H34N4O/c1-20-10-6-7-11-24(20)23-17-27-31(30(39)18-23)32(38-29-13-9-8-12-26(29)35-33(38)36-27)22-14-15-28-25(16-22)21(2)19-34(3,4)37(28)5/h6-16,19,23,32H,17-18H2,1-5H3,(H,35,36)/t23-,32-/m1/s1. The minimum absolute atomic E-state index is 0.0549. The van der Waals surface area contributed by atoms with Crippen LogP contribution in [0.25, 0.3) is 16.6 Å². The molecule has 0 amide bonds. The van der Waals surface area contributed by atoms with Crippen LogP contribution >= 0.6 is 0 Å². The van der Waals surface area contributed by atoms with Crippen molar-refractivity contribution in [3.63, 3.8) is 0 Å². The Balaban J connectivity index is 1.42. The molecule has 1 aromatic heterocycles. The Morgan fingerprint density at radius 2 is 1.74 bits per heavy atom. The van der Waals surface area contributed by atoms with Crippen LogP contribution in [0, 0.1) is 6.92 Å². The number of carbonyl (C=O) groups excluding carboxylic acids is 1. The molecule has 3 heterocycles. The number of likely N-dealkylation sites (N-methyl/N-ethyl adjacent to an activating group) is 1. The van der Waals surface area contributed by atoms with Crippen molar-refractivity contribution in [1.82, 2.24) is 9.55 Å². The number of allylic oxidation sites excluding steroid dienone is 3. The monoisotopic (exact) mass is 514 g/mol. The van der Waals surface area contributed by atoms with E-state index in [9.17, 15) is 4.79 Å². The van der Waals surface area contributed by atoms with Gasteiger partial charge in [-0.1, -0.05) is 48.5 Å². The van der Waals surface area contributed by atoms with Crippen LogP contribution in [-0.4, -0.2) is 27.9 Å². The number of nitrogens with one attached hydrogen (secondary N) is 1. The first-order valence-electron chi connectivity index (χ1n) is 13.9. The van der Waals surface area contributed by atoms with Crippen LogP contribution in [0.4, 0.5) is 11.6 Å². The van der Waals surface area contributed by atoms with Crippen molar-refractivity contribution in [3.05, 3.63) is 106 Å². The molecule has 4 aromatic rings. The third-order valence-corrected chi connectivity index (χ3v) is 9.08. The fourth-order valence-corrected chi connectivity index (χ4v) is 6.95. The summed E-state index contributed by atoms with van der Waals surface area (Å²) in [5.41, 5.74) is 11.1. The topological polar surface area (TPSA) is 50.2 Å². The minimum Gasteiger partial charge on any atom is -0.366 e. The maximum Gasteiger partial charge on any atom is 0.209 e. The highest BCUT2D eigenvalue weighted by atomic mass is 16.1. The summed E-state index contributed by atoms with van der Waals surface area (Å²) in [6, 6.07) is 23.2. The van der Waals surface area contributed by atoms with E-state index >= 15 is 0 Å². The Morgan fingerprint density at radius 1 is 0.974 bits per heavy atom. The van der Waals surface area contributed by atoms with Crippen LogP contribution in [0.2, 0.25) is 0 Å². The summed E-state index contributed by atoms with van der Waals surface area (Å²) in [5.74, 6) is 1.18. The second-order valence-corrected chi connectivity index (χ2v) is 11.9. The number of Topliss-reactive ketones (excluding diaryl/α,β-unsaturated/α-hetero) is 1. The fraction of sp³-hybridized carbons (Fsp3) is 0.294. The molecular weight excluding hydrogens is 480 g/mol. The molecule has 0 spiro atoms. The molecule has 0 radical (unpaired) electrons. The molecule has 2 atom stereocenters. The third kappa shape index (κ3) is 3.59. The van der Waals surface area contributed by atoms with E-state index in [4.69, 9.17) is 4.98 Å². The Labute approximate surface area is 229 Å². The molecule has 5 heteroatoms. The highest BCUT2D eigenvalue weighted by Crippen LogP contribution is 2.48. The number of imidazole rings is 1. The lowest BCUT2D eigenvalue weighted by Crippen LogP contribution is -2.42. The lowest BCUT2D eigenvalue weighted by molar-refractivity contribution is -0.116. The summed E-state index contributed by atoms with van der Waals surface area (Å²) >= 11 is 0. The quantitative estimate of drug-likeness (QED) is 0.303. The summed E-state index contributed by atoms with van der Waals surface area (Å²) in [6.45, 7) is 8.82. The zero-order chi connectivity index (χ0) is 27.1. The molecule has 7 rings (SSSR count). The SMILES string of the molecule is CC1=CC(C)(C)N(C)c2ccc([C@@H]3C4=C(C[C@@H](c5ccccc5C)CC4=O)Nc4nc5ccccc5n43)cc21. The van der Waals surface area contributed by atoms with Gasteiger partial charge in [0.15, 0.2) is 5.78 Å². The molecule has 0 bridgehead atoms.